The van der Waals surface area contributed by atoms with Gasteiger partial charge in [-0.05, 0) is 46.2 Å². The number of aromatic nitrogens is 5. The number of hydrogen-bond acceptors (Lipinski definition) is 6. The Labute approximate surface area is 146 Å². The molecule has 25 heavy (non-hydrogen) atoms. The summed E-state index contributed by atoms with van der Waals surface area (Å²) in [6.07, 6.45) is 3.33. The van der Waals surface area contributed by atoms with Gasteiger partial charge in [0.1, 0.15) is 6.61 Å². The van der Waals surface area contributed by atoms with Crippen LogP contribution in [0.2, 0.25) is 0 Å². The zero-order valence-electron chi connectivity index (χ0n) is 15.0. The summed E-state index contributed by atoms with van der Waals surface area (Å²) in [6, 6.07) is 3.99. The summed E-state index contributed by atoms with van der Waals surface area (Å²) in [5.74, 6) is 2.43. The minimum atomic E-state index is -0.107. The molecule has 7 heteroatoms. The lowest BCUT2D eigenvalue weighted by molar-refractivity contribution is 0.240. The van der Waals surface area contributed by atoms with E-state index in [9.17, 15) is 0 Å². The summed E-state index contributed by atoms with van der Waals surface area (Å²) in [5.41, 5.74) is 3.59. The van der Waals surface area contributed by atoms with Crippen molar-refractivity contribution in [1.29, 1.82) is 0 Å². The van der Waals surface area contributed by atoms with Crippen LogP contribution in [0.4, 0.5) is 5.82 Å². The van der Waals surface area contributed by atoms with E-state index in [4.69, 9.17) is 9.72 Å². The van der Waals surface area contributed by atoms with Gasteiger partial charge in [0.25, 0.3) is 0 Å². The zero-order valence-corrected chi connectivity index (χ0v) is 15.0. The second-order valence-corrected chi connectivity index (χ2v) is 7.20. The van der Waals surface area contributed by atoms with Crippen LogP contribution < -0.4 is 10.1 Å². The third-order valence-corrected chi connectivity index (χ3v) is 4.32. The van der Waals surface area contributed by atoms with Crippen molar-refractivity contribution in [2.24, 2.45) is 0 Å². The van der Waals surface area contributed by atoms with Crippen molar-refractivity contribution in [2.75, 3.05) is 11.9 Å². The highest BCUT2D eigenvalue weighted by molar-refractivity contribution is 5.54. The second-order valence-electron chi connectivity index (χ2n) is 7.20. The van der Waals surface area contributed by atoms with Crippen LogP contribution >= 0.6 is 0 Å². The van der Waals surface area contributed by atoms with Gasteiger partial charge in [-0.25, -0.2) is 14.5 Å². The molecule has 0 unspecified atom stereocenters. The summed E-state index contributed by atoms with van der Waals surface area (Å²) in [6.45, 7) is 8.77. The van der Waals surface area contributed by atoms with Crippen LogP contribution in [-0.4, -0.2) is 36.7 Å². The van der Waals surface area contributed by atoms with Crippen LogP contribution in [0.25, 0.3) is 5.65 Å². The van der Waals surface area contributed by atoms with Gasteiger partial charge in [0.15, 0.2) is 23.0 Å². The Hall–Kier alpha value is -2.70. The summed E-state index contributed by atoms with van der Waals surface area (Å²) < 4.78 is 7.62. The van der Waals surface area contributed by atoms with Gasteiger partial charge in [-0.2, -0.15) is 5.10 Å². The van der Waals surface area contributed by atoms with Crippen LogP contribution in [0.15, 0.2) is 18.3 Å². The molecule has 3 aromatic heterocycles. The standard InChI is InChI=1S/C18H22N6O/c1-11-9-19-12(2)17-21-15(23-24(11)17)8-6-13-5-7-14-16(20-13)22-18(3,4)10-25-14/h5,7,9H,6,8,10H2,1-4H3,(H,20,22). The lowest BCUT2D eigenvalue weighted by atomic mass is 10.1. The molecule has 0 saturated heterocycles. The first kappa shape index (κ1) is 15.8. The predicted octanol–water partition coefficient (Wildman–Crippen LogP) is 2.50. The molecule has 0 fully saturated rings. The lowest BCUT2D eigenvalue weighted by Crippen LogP contribution is -2.41. The minimum absolute atomic E-state index is 0.107. The van der Waals surface area contributed by atoms with E-state index < -0.39 is 0 Å². The van der Waals surface area contributed by atoms with Crippen molar-refractivity contribution in [2.45, 2.75) is 46.1 Å². The fourth-order valence-corrected chi connectivity index (χ4v) is 2.93. The minimum Gasteiger partial charge on any atom is -0.487 e. The molecule has 4 heterocycles. The van der Waals surface area contributed by atoms with Crippen molar-refractivity contribution in [3.8, 4) is 5.75 Å². The van der Waals surface area contributed by atoms with Crippen LogP contribution in [-0.2, 0) is 12.8 Å². The average Bonchev–Trinajstić information content (AvgIpc) is 3.01. The summed E-state index contributed by atoms with van der Waals surface area (Å²) in [7, 11) is 0. The molecule has 3 aromatic rings. The van der Waals surface area contributed by atoms with Crippen LogP contribution in [0.1, 0.15) is 36.8 Å². The van der Waals surface area contributed by atoms with E-state index >= 15 is 0 Å². The van der Waals surface area contributed by atoms with Crippen LogP contribution in [0, 0.1) is 13.8 Å². The largest absolute Gasteiger partial charge is 0.487 e. The normalized spacial score (nSPS) is 15.5. The first-order valence-electron chi connectivity index (χ1n) is 8.50. The number of fused-ring (bicyclic) bond motifs is 2. The van der Waals surface area contributed by atoms with Gasteiger partial charge in [0.2, 0.25) is 0 Å². The van der Waals surface area contributed by atoms with Gasteiger partial charge < -0.3 is 10.1 Å². The van der Waals surface area contributed by atoms with E-state index in [0.29, 0.717) is 6.61 Å². The highest BCUT2D eigenvalue weighted by Gasteiger charge is 2.26. The molecule has 0 spiro atoms. The fourth-order valence-electron chi connectivity index (χ4n) is 2.93. The molecule has 1 aliphatic heterocycles. The Bertz CT molecular complexity index is 907. The number of ether oxygens (including phenoxy) is 1. The quantitative estimate of drug-likeness (QED) is 0.791. The van der Waals surface area contributed by atoms with Gasteiger partial charge in [-0.3, -0.25) is 4.98 Å². The average molecular weight is 338 g/mol. The number of pyridine rings is 1. The summed E-state index contributed by atoms with van der Waals surface area (Å²) in [4.78, 5) is 13.7. The molecule has 0 bridgehead atoms. The SMILES string of the molecule is Cc1ncc(C)n2nc(CCc3ccc4c(n3)NC(C)(C)CO4)nc12. The molecule has 130 valence electrons. The van der Waals surface area contributed by atoms with Gasteiger partial charge >= 0.3 is 0 Å². The number of hydrogen-bond donors (Lipinski definition) is 1. The van der Waals surface area contributed by atoms with E-state index in [0.717, 1.165) is 53.0 Å². The van der Waals surface area contributed by atoms with Gasteiger partial charge in [-0.15, -0.1) is 0 Å². The molecule has 0 radical (unpaired) electrons. The Balaban J connectivity index is 1.54. The maximum Gasteiger partial charge on any atom is 0.177 e. The number of nitrogens with zero attached hydrogens (tertiary/aromatic N) is 5. The topological polar surface area (TPSA) is 77.2 Å². The molecule has 4 rings (SSSR count). The fraction of sp³-hybridized carbons (Fsp3) is 0.444. The summed E-state index contributed by atoms with van der Waals surface area (Å²) >= 11 is 0. The molecule has 7 nitrogen and oxygen atoms in total. The Kier molecular flexibility index (Phi) is 3.59. The first-order chi connectivity index (χ1) is 11.9. The number of rotatable bonds is 3. The first-order valence-corrected chi connectivity index (χ1v) is 8.50. The van der Waals surface area contributed by atoms with Crippen molar-refractivity contribution >= 4 is 11.5 Å². The van der Waals surface area contributed by atoms with E-state index in [-0.39, 0.29) is 5.54 Å². The maximum atomic E-state index is 5.76. The smallest absolute Gasteiger partial charge is 0.177 e. The molecule has 0 aliphatic carbocycles. The van der Waals surface area contributed by atoms with Gasteiger partial charge in [0, 0.05) is 18.3 Å². The third-order valence-electron chi connectivity index (χ3n) is 4.32. The van der Waals surface area contributed by atoms with E-state index in [2.05, 4.69) is 34.2 Å². The van der Waals surface area contributed by atoms with Crippen molar-refractivity contribution in [1.82, 2.24) is 24.6 Å². The second kappa shape index (κ2) is 5.68. The Morgan fingerprint density at radius 1 is 1.20 bits per heavy atom. The highest BCUT2D eigenvalue weighted by Crippen LogP contribution is 2.30. The predicted molar refractivity (Wildman–Crippen MR) is 95.1 cm³/mol. The van der Waals surface area contributed by atoms with E-state index in [1.54, 1.807) is 0 Å². The summed E-state index contributed by atoms with van der Waals surface area (Å²) in [5, 5.41) is 8.03. The third kappa shape index (κ3) is 3.01. The Morgan fingerprint density at radius 2 is 2.04 bits per heavy atom. The molecule has 0 atom stereocenters. The molecule has 0 amide bonds. The van der Waals surface area contributed by atoms with Gasteiger partial charge in [0.05, 0.1) is 16.9 Å². The molecular formula is C18H22N6O. The van der Waals surface area contributed by atoms with Gasteiger partial charge in [-0.1, -0.05) is 0 Å². The Morgan fingerprint density at radius 3 is 2.84 bits per heavy atom. The highest BCUT2D eigenvalue weighted by atomic mass is 16.5. The van der Waals surface area contributed by atoms with Crippen LogP contribution in [0.3, 0.4) is 0 Å². The molecule has 0 aromatic carbocycles. The number of nitrogens with one attached hydrogen (secondary N) is 1. The number of anilines is 1. The zero-order chi connectivity index (χ0) is 17.6. The molecule has 0 saturated carbocycles. The van der Waals surface area contributed by atoms with E-state index in [1.807, 2.05) is 36.7 Å². The maximum absolute atomic E-state index is 5.76. The monoisotopic (exact) mass is 338 g/mol. The lowest BCUT2D eigenvalue weighted by Gasteiger charge is -2.32. The molecular weight excluding hydrogens is 316 g/mol. The molecule has 1 N–H and O–H groups in total. The number of aryl methyl sites for hydroxylation is 4. The van der Waals surface area contributed by atoms with Crippen molar-refractivity contribution < 1.29 is 4.74 Å². The van der Waals surface area contributed by atoms with Crippen LogP contribution in [0.5, 0.6) is 5.75 Å². The van der Waals surface area contributed by atoms with Crippen molar-refractivity contribution in [3.05, 3.63) is 41.2 Å². The van der Waals surface area contributed by atoms with Crippen molar-refractivity contribution in [3.63, 3.8) is 0 Å². The molecule has 1 aliphatic rings. The van der Waals surface area contributed by atoms with E-state index in [1.165, 1.54) is 0 Å².